The lowest BCUT2D eigenvalue weighted by atomic mass is 9.61. The molecule has 0 spiro atoms. The van der Waals surface area contributed by atoms with Crippen molar-refractivity contribution in [2.75, 3.05) is 0 Å². The minimum absolute atomic E-state index is 0.140. The number of hydrogen-bond acceptors (Lipinski definition) is 3. The normalized spacial score (nSPS) is 35.8. The monoisotopic (exact) mass is 530 g/mol. The second-order valence-electron chi connectivity index (χ2n) is 15.1. The van der Waals surface area contributed by atoms with Crippen LogP contribution in [0.15, 0.2) is 35.5 Å². The lowest BCUT2D eigenvalue weighted by Gasteiger charge is -2.44. The fourth-order valence-corrected chi connectivity index (χ4v) is 8.41. The van der Waals surface area contributed by atoms with Crippen molar-refractivity contribution >= 4 is 8.32 Å². The Balaban J connectivity index is 1.72. The molecule has 3 rings (SSSR count). The van der Waals surface area contributed by atoms with Crippen LogP contribution in [0.5, 0.6) is 0 Å². The van der Waals surface area contributed by atoms with E-state index in [9.17, 15) is 10.2 Å². The van der Waals surface area contributed by atoms with Crippen LogP contribution >= 0.6 is 0 Å². The van der Waals surface area contributed by atoms with Gasteiger partial charge in [-0.3, -0.25) is 0 Å². The summed E-state index contributed by atoms with van der Waals surface area (Å²) >= 11 is 0. The van der Waals surface area contributed by atoms with Gasteiger partial charge in [-0.2, -0.15) is 0 Å². The summed E-state index contributed by atoms with van der Waals surface area (Å²) in [5.41, 5.74) is 2.67. The van der Waals surface area contributed by atoms with E-state index < -0.39 is 13.9 Å². The Kier molecular flexibility index (Phi) is 9.53. The Morgan fingerprint density at radius 3 is 2.32 bits per heavy atom. The summed E-state index contributed by atoms with van der Waals surface area (Å²) in [7, 11) is -1.85. The fourth-order valence-electron chi connectivity index (χ4n) is 7.05. The van der Waals surface area contributed by atoms with Gasteiger partial charge in [-0.1, -0.05) is 77.0 Å². The number of aliphatic hydroxyl groups excluding tert-OH is 1. The SMILES string of the molecule is C[C@H](/C=C/[C@H](C)C(C)(C)O)[C@H]1CC[C@H]2/C(=C/C=C3/C[C@@H](O)C[C@H](O[Si](C)(C)C(C)(C)C)C3)CCC[C@]12C. The standard InChI is InChI=1S/C33H58O3Si/c1-23(13-14-24(2)32(6,7)35)29-17-18-30-26(12-11-19-33(29,30)8)16-15-25-20-27(34)22-28(21-25)36-37(9,10)31(3,4)5/h13-16,23-24,27-30,34-35H,11-12,17-22H2,1-10H3/b14-13+,25-15-,26-16+/t23-,24+,27-,28-,29-,30+,33-/m1/s1. The molecule has 0 aromatic heterocycles. The molecule has 3 aliphatic rings. The maximum Gasteiger partial charge on any atom is 0.192 e. The molecule has 3 saturated carbocycles. The van der Waals surface area contributed by atoms with E-state index >= 15 is 0 Å². The molecule has 37 heavy (non-hydrogen) atoms. The molecule has 7 atom stereocenters. The van der Waals surface area contributed by atoms with E-state index in [2.05, 4.69) is 78.9 Å². The van der Waals surface area contributed by atoms with Crippen LogP contribution in [-0.2, 0) is 4.43 Å². The van der Waals surface area contributed by atoms with Gasteiger partial charge < -0.3 is 14.6 Å². The number of aliphatic hydroxyl groups is 2. The number of rotatable bonds is 7. The molecule has 4 heteroatoms. The van der Waals surface area contributed by atoms with Gasteiger partial charge in [0.2, 0.25) is 0 Å². The van der Waals surface area contributed by atoms with Gasteiger partial charge in [-0.25, -0.2) is 0 Å². The molecular weight excluding hydrogens is 472 g/mol. The molecule has 0 bridgehead atoms. The summed E-state index contributed by atoms with van der Waals surface area (Å²) in [5.74, 6) is 2.04. The third-order valence-corrected chi connectivity index (χ3v) is 15.3. The Labute approximate surface area is 230 Å². The van der Waals surface area contributed by atoms with Gasteiger partial charge in [0, 0.05) is 5.92 Å². The molecule has 0 aromatic rings. The predicted octanol–water partition coefficient (Wildman–Crippen LogP) is 8.59. The largest absolute Gasteiger partial charge is 0.414 e. The summed E-state index contributed by atoms with van der Waals surface area (Å²) in [4.78, 5) is 0. The molecule has 2 N–H and O–H groups in total. The topological polar surface area (TPSA) is 49.7 Å². The first-order chi connectivity index (χ1) is 16.9. The number of fused-ring (bicyclic) bond motifs is 1. The highest BCUT2D eigenvalue weighted by atomic mass is 28.4. The van der Waals surface area contributed by atoms with Gasteiger partial charge in [0.05, 0.1) is 17.8 Å². The van der Waals surface area contributed by atoms with Crippen LogP contribution in [0.4, 0.5) is 0 Å². The third-order valence-electron chi connectivity index (χ3n) is 10.8. The van der Waals surface area contributed by atoms with Gasteiger partial charge in [0.25, 0.3) is 0 Å². The second-order valence-corrected chi connectivity index (χ2v) is 19.9. The summed E-state index contributed by atoms with van der Waals surface area (Å²) < 4.78 is 6.72. The number of hydrogen-bond donors (Lipinski definition) is 2. The molecule has 0 aliphatic heterocycles. The predicted molar refractivity (Wildman–Crippen MR) is 160 cm³/mol. The molecule has 0 aromatic carbocycles. The maximum absolute atomic E-state index is 10.7. The summed E-state index contributed by atoms with van der Waals surface area (Å²) in [6, 6.07) is 0. The molecule has 3 aliphatic carbocycles. The molecule has 3 nitrogen and oxygen atoms in total. The van der Waals surface area contributed by atoms with Gasteiger partial charge >= 0.3 is 0 Å². The Bertz CT molecular complexity index is 871. The van der Waals surface area contributed by atoms with Gasteiger partial charge in [0.1, 0.15) is 0 Å². The highest BCUT2D eigenvalue weighted by molar-refractivity contribution is 6.74. The summed E-state index contributed by atoms with van der Waals surface area (Å²) in [5, 5.41) is 21.2. The molecule has 0 radical (unpaired) electrons. The van der Waals surface area contributed by atoms with Crippen molar-refractivity contribution in [3.8, 4) is 0 Å². The molecular formula is C33H58O3Si. The minimum Gasteiger partial charge on any atom is -0.414 e. The average Bonchev–Trinajstić information content (AvgIpc) is 3.11. The maximum atomic E-state index is 10.7. The van der Waals surface area contributed by atoms with E-state index in [1.807, 2.05) is 13.8 Å². The van der Waals surface area contributed by atoms with Gasteiger partial charge in [0.15, 0.2) is 8.32 Å². The third kappa shape index (κ3) is 7.29. The molecule has 212 valence electrons. The lowest BCUT2D eigenvalue weighted by molar-refractivity contribution is 0.0436. The van der Waals surface area contributed by atoms with E-state index in [-0.39, 0.29) is 23.2 Å². The van der Waals surface area contributed by atoms with Crippen molar-refractivity contribution in [3.05, 3.63) is 35.5 Å². The smallest absolute Gasteiger partial charge is 0.192 e. The fraction of sp³-hybridized carbons (Fsp3) is 0.818. The summed E-state index contributed by atoms with van der Waals surface area (Å²) in [6.07, 6.45) is 18.1. The molecule has 0 unspecified atom stereocenters. The first kappa shape index (κ1) is 30.9. The zero-order chi connectivity index (χ0) is 27.8. The molecule has 0 amide bonds. The van der Waals surface area contributed by atoms with Crippen molar-refractivity contribution in [3.63, 3.8) is 0 Å². The van der Waals surface area contributed by atoms with Crippen molar-refractivity contribution in [2.24, 2.45) is 29.1 Å². The quantitative estimate of drug-likeness (QED) is 0.256. The zero-order valence-corrected chi connectivity index (χ0v) is 26.7. The second kappa shape index (κ2) is 11.4. The van der Waals surface area contributed by atoms with Crippen LogP contribution in [0.1, 0.15) is 107 Å². The van der Waals surface area contributed by atoms with Crippen LogP contribution < -0.4 is 0 Å². The molecule has 3 fully saturated rings. The first-order valence-corrected chi connectivity index (χ1v) is 18.0. The van der Waals surface area contributed by atoms with E-state index in [0.717, 1.165) is 19.3 Å². The average molecular weight is 531 g/mol. The van der Waals surface area contributed by atoms with E-state index in [1.165, 1.54) is 37.7 Å². The van der Waals surface area contributed by atoms with E-state index in [1.54, 1.807) is 5.57 Å². The van der Waals surface area contributed by atoms with E-state index in [0.29, 0.717) is 23.2 Å². The van der Waals surface area contributed by atoms with Crippen molar-refractivity contribution < 1.29 is 14.6 Å². The van der Waals surface area contributed by atoms with Crippen molar-refractivity contribution in [1.82, 2.24) is 0 Å². The van der Waals surface area contributed by atoms with Gasteiger partial charge in [-0.15, -0.1) is 0 Å². The van der Waals surface area contributed by atoms with Crippen LogP contribution in [0.3, 0.4) is 0 Å². The van der Waals surface area contributed by atoms with Crippen molar-refractivity contribution in [2.45, 2.75) is 143 Å². The zero-order valence-electron chi connectivity index (χ0n) is 25.7. The Morgan fingerprint density at radius 2 is 1.70 bits per heavy atom. The van der Waals surface area contributed by atoms with Crippen molar-refractivity contribution in [1.29, 1.82) is 0 Å². The molecule has 0 saturated heterocycles. The number of allylic oxidation sites excluding steroid dienone is 4. The Hall–Kier alpha value is -0.683. The van der Waals surface area contributed by atoms with Gasteiger partial charge in [-0.05, 0) is 107 Å². The minimum atomic E-state index is -1.85. The lowest BCUT2D eigenvalue weighted by Crippen LogP contribution is -2.45. The Morgan fingerprint density at radius 1 is 1.03 bits per heavy atom. The van der Waals surface area contributed by atoms with Crippen LogP contribution in [0, 0.1) is 29.1 Å². The first-order valence-electron chi connectivity index (χ1n) is 15.1. The summed E-state index contributed by atoms with van der Waals surface area (Å²) in [6.45, 7) is 22.4. The van der Waals surface area contributed by atoms with Crippen LogP contribution in [-0.4, -0.2) is 36.3 Å². The molecule has 0 heterocycles. The highest BCUT2D eigenvalue weighted by Gasteiger charge is 2.50. The van der Waals surface area contributed by atoms with E-state index in [4.69, 9.17) is 4.43 Å². The van der Waals surface area contributed by atoms with Crippen LogP contribution in [0.2, 0.25) is 18.1 Å². The van der Waals surface area contributed by atoms with Crippen LogP contribution in [0.25, 0.3) is 0 Å². The highest BCUT2D eigenvalue weighted by Crippen LogP contribution is 2.59.